The molecule has 0 unspecified atom stereocenters. The van der Waals surface area contributed by atoms with E-state index < -0.39 is 0 Å². The second kappa shape index (κ2) is 8.79. The van der Waals surface area contributed by atoms with Gasteiger partial charge in [0.25, 0.3) is 0 Å². The van der Waals surface area contributed by atoms with Gasteiger partial charge in [-0.3, -0.25) is 4.98 Å². The van der Waals surface area contributed by atoms with Gasteiger partial charge >= 0.3 is 0 Å². The summed E-state index contributed by atoms with van der Waals surface area (Å²) in [7, 11) is 3.75. The van der Waals surface area contributed by atoms with Crippen LogP contribution in [0.5, 0.6) is 5.75 Å². The highest BCUT2D eigenvalue weighted by atomic mass is 16.5. The van der Waals surface area contributed by atoms with Crippen LogP contribution in [-0.2, 0) is 0 Å². The fourth-order valence-electron chi connectivity index (χ4n) is 2.21. The molecule has 0 aliphatic rings. The van der Waals surface area contributed by atoms with E-state index in [1.54, 1.807) is 12.4 Å². The number of anilines is 1. The zero-order chi connectivity index (χ0) is 17.4. The van der Waals surface area contributed by atoms with Crippen LogP contribution in [-0.4, -0.2) is 35.7 Å². The Labute approximate surface area is 142 Å². The van der Waals surface area contributed by atoms with Crippen molar-refractivity contribution in [3.63, 3.8) is 0 Å². The summed E-state index contributed by atoms with van der Waals surface area (Å²) in [6.07, 6.45) is 4.43. The van der Waals surface area contributed by atoms with Gasteiger partial charge in [0, 0.05) is 18.0 Å². The average Bonchev–Trinajstić information content (AvgIpc) is 2.60. The summed E-state index contributed by atoms with van der Waals surface area (Å²) in [6.45, 7) is 2.72. The first-order valence-electron chi connectivity index (χ1n) is 7.89. The molecular formula is C18H23N5O. The van der Waals surface area contributed by atoms with Crippen molar-refractivity contribution in [1.29, 1.82) is 0 Å². The van der Waals surface area contributed by atoms with Crippen molar-refractivity contribution in [2.75, 3.05) is 26.4 Å². The van der Waals surface area contributed by atoms with Crippen LogP contribution >= 0.6 is 0 Å². The zero-order valence-electron chi connectivity index (χ0n) is 14.3. The van der Waals surface area contributed by atoms with E-state index in [1.807, 2.05) is 44.4 Å². The Morgan fingerprint density at radius 2 is 1.92 bits per heavy atom. The van der Waals surface area contributed by atoms with Crippen LogP contribution in [0.25, 0.3) is 22.2 Å². The third-order valence-corrected chi connectivity index (χ3v) is 3.10. The molecule has 3 N–H and O–H groups in total. The number of rotatable bonds is 4. The number of ether oxygens (including phenoxy) is 1. The number of aromatic nitrogens is 3. The highest BCUT2D eigenvalue weighted by Gasteiger charge is 2.13. The van der Waals surface area contributed by atoms with Gasteiger partial charge in [0.1, 0.15) is 5.75 Å². The van der Waals surface area contributed by atoms with E-state index in [4.69, 9.17) is 10.5 Å². The minimum Gasteiger partial charge on any atom is -0.493 e. The molecule has 2 heterocycles. The standard InChI is InChI=1S/C16H16N4O.C2H7N/c1-2-9-21-13-7-3-6-12-14(13)15(20-16(17)19-12)11-5-4-8-18-10-11;1-3-2/h3-8,10H,2,9H2,1H3,(H2,17,19,20);3H,1-2H3. The van der Waals surface area contributed by atoms with Crippen molar-refractivity contribution in [2.24, 2.45) is 0 Å². The van der Waals surface area contributed by atoms with Gasteiger partial charge in [-0.15, -0.1) is 0 Å². The Bertz CT molecular complexity index is 777. The van der Waals surface area contributed by atoms with Crippen molar-refractivity contribution >= 4 is 16.9 Å². The molecule has 3 aromatic rings. The number of nitrogen functional groups attached to an aromatic ring is 1. The molecule has 0 saturated heterocycles. The second-order valence-corrected chi connectivity index (χ2v) is 5.17. The quantitative estimate of drug-likeness (QED) is 0.767. The lowest BCUT2D eigenvalue weighted by atomic mass is 10.1. The fraction of sp³-hybridized carbons (Fsp3) is 0.278. The Kier molecular flexibility index (Phi) is 6.45. The monoisotopic (exact) mass is 325 g/mol. The van der Waals surface area contributed by atoms with Crippen molar-refractivity contribution < 1.29 is 4.74 Å². The summed E-state index contributed by atoms with van der Waals surface area (Å²) in [6, 6.07) is 9.57. The molecular weight excluding hydrogens is 302 g/mol. The largest absolute Gasteiger partial charge is 0.493 e. The highest BCUT2D eigenvalue weighted by molar-refractivity contribution is 5.97. The molecule has 0 bridgehead atoms. The molecule has 2 aromatic heterocycles. The first kappa shape index (κ1) is 17.6. The van der Waals surface area contributed by atoms with Crippen LogP contribution in [0.1, 0.15) is 13.3 Å². The van der Waals surface area contributed by atoms with Gasteiger partial charge in [0.05, 0.1) is 23.2 Å². The van der Waals surface area contributed by atoms with Gasteiger partial charge in [-0.25, -0.2) is 9.97 Å². The highest BCUT2D eigenvalue weighted by Crippen LogP contribution is 2.33. The molecule has 3 rings (SSSR count). The van der Waals surface area contributed by atoms with Gasteiger partial charge in [-0.05, 0) is 44.8 Å². The number of benzene rings is 1. The van der Waals surface area contributed by atoms with Crippen molar-refractivity contribution in [3.05, 3.63) is 42.7 Å². The Hall–Kier alpha value is -2.73. The number of nitrogens with one attached hydrogen (secondary N) is 1. The molecule has 0 aliphatic carbocycles. The van der Waals surface area contributed by atoms with Crippen LogP contribution < -0.4 is 15.8 Å². The summed E-state index contributed by atoms with van der Waals surface area (Å²) >= 11 is 0. The van der Waals surface area contributed by atoms with Crippen molar-refractivity contribution in [1.82, 2.24) is 20.3 Å². The maximum Gasteiger partial charge on any atom is 0.221 e. The molecule has 0 aliphatic heterocycles. The molecule has 0 radical (unpaired) electrons. The Morgan fingerprint density at radius 1 is 1.12 bits per heavy atom. The van der Waals surface area contributed by atoms with E-state index >= 15 is 0 Å². The molecule has 1 aromatic carbocycles. The molecule has 126 valence electrons. The maximum atomic E-state index is 5.83. The van der Waals surface area contributed by atoms with E-state index in [-0.39, 0.29) is 5.95 Å². The number of pyridine rings is 1. The predicted molar refractivity (Wildman–Crippen MR) is 98.0 cm³/mol. The third-order valence-electron chi connectivity index (χ3n) is 3.10. The maximum absolute atomic E-state index is 5.83. The van der Waals surface area contributed by atoms with Crippen LogP contribution in [0.2, 0.25) is 0 Å². The lowest BCUT2D eigenvalue weighted by molar-refractivity contribution is 0.321. The number of hydrogen-bond acceptors (Lipinski definition) is 6. The molecule has 6 heteroatoms. The number of nitrogens with two attached hydrogens (primary N) is 1. The van der Waals surface area contributed by atoms with Crippen molar-refractivity contribution in [3.8, 4) is 17.0 Å². The third kappa shape index (κ3) is 4.17. The van der Waals surface area contributed by atoms with E-state index in [1.165, 1.54) is 0 Å². The molecule has 0 amide bonds. The molecule has 0 atom stereocenters. The van der Waals surface area contributed by atoms with Crippen LogP contribution in [0.4, 0.5) is 5.95 Å². The Balaban J connectivity index is 0.000000647. The van der Waals surface area contributed by atoms with Gasteiger partial charge in [0.15, 0.2) is 0 Å². The SMILES string of the molecule is CCCOc1cccc2nc(N)nc(-c3cccnc3)c12.CNC. The lowest BCUT2D eigenvalue weighted by Gasteiger charge is -2.12. The van der Waals surface area contributed by atoms with Gasteiger partial charge in [0.2, 0.25) is 5.95 Å². The first-order chi connectivity index (χ1) is 11.7. The summed E-state index contributed by atoms with van der Waals surface area (Å²) in [5.41, 5.74) is 8.24. The first-order valence-corrected chi connectivity index (χ1v) is 7.89. The lowest BCUT2D eigenvalue weighted by Crippen LogP contribution is -2.01. The fourth-order valence-corrected chi connectivity index (χ4v) is 2.21. The summed E-state index contributed by atoms with van der Waals surface area (Å²) in [4.78, 5) is 12.8. The molecule has 6 nitrogen and oxygen atoms in total. The minimum absolute atomic E-state index is 0.244. The van der Waals surface area contributed by atoms with Crippen LogP contribution in [0.15, 0.2) is 42.7 Å². The number of hydrogen-bond donors (Lipinski definition) is 2. The normalized spacial score (nSPS) is 10.1. The molecule has 24 heavy (non-hydrogen) atoms. The van der Waals surface area contributed by atoms with E-state index in [9.17, 15) is 0 Å². The molecule has 0 spiro atoms. The predicted octanol–water partition coefficient (Wildman–Crippen LogP) is 2.90. The summed E-state index contributed by atoms with van der Waals surface area (Å²) in [5.74, 6) is 1.02. The zero-order valence-corrected chi connectivity index (χ0v) is 14.3. The van der Waals surface area contributed by atoms with E-state index in [0.29, 0.717) is 6.61 Å². The minimum atomic E-state index is 0.244. The smallest absolute Gasteiger partial charge is 0.221 e. The van der Waals surface area contributed by atoms with Gasteiger partial charge in [-0.2, -0.15) is 0 Å². The Morgan fingerprint density at radius 3 is 2.58 bits per heavy atom. The summed E-state index contributed by atoms with van der Waals surface area (Å²) in [5, 5.41) is 3.62. The van der Waals surface area contributed by atoms with E-state index in [2.05, 4.69) is 27.2 Å². The summed E-state index contributed by atoms with van der Waals surface area (Å²) < 4.78 is 5.83. The van der Waals surface area contributed by atoms with Gasteiger partial charge < -0.3 is 15.8 Å². The number of nitrogens with zero attached hydrogens (tertiary/aromatic N) is 3. The number of fused-ring (bicyclic) bond motifs is 1. The molecule has 0 fully saturated rings. The van der Waals surface area contributed by atoms with Crippen molar-refractivity contribution in [2.45, 2.75) is 13.3 Å². The topological polar surface area (TPSA) is 86.0 Å². The van der Waals surface area contributed by atoms with Gasteiger partial charge in [-0.1, -0.05) is 13.0 Å². The van der Waals surface area contributed by atoms with E-state index in [0.717, 1.165) is 34.3 Å². The van der Waals surface area contributed by atoms with Crippen LogP contribution in [0.3, 0.4) is 0 Å². The molecule has 0 saturated carbocycles. The average molecular weight is 325 g/mol. The van der Waals surface area contributed by atoms with Crippen LogP contribution in [0, 0.1) is 0 Å². The second-order valence-electron chi connectivity index (χ2n) is 5.17.